The third kappa shape index (κ3) is 3.71. The lowest BCUT2D eigenvalue weighted by Gasteiger charge is -2.26. The number of nitrogens with zero attached hydrogens (tertiary/aromatic N) is 1. The van der Waals surface area contributed by atoms with E-state index in [1.54, 1.807) is 6.07 Å². The number of fused-ring (bicyclic) bond motifs is 2. The molecule has 7 heteroatoms. The second-order valence-electron chi connectivity index (χ2n) is 8.83. The molecule has 1 amide bonds. The number of benzene rings is 1. The Hall–Kier alpha value is -3.06. The van der Waals surface area contributed by atoms with Gasteiger partial charge in [-0.2, -0.15) is 0 Å². The molecular weight excluding hydrogens is 407 g/mol. The van der Waals surface area contributed by atoms with Crippen molar-refractivity contribution in [3.63, 3.8) is 0 Å². The molecule has 1 aliphatic heterocycles. The monoisotopic (exact) mass is 436 g/mol. The maximum absolute atomic E-state index is 13.9. The van der Waals surface area contributed by atoms with Crippen molar-refractivity contribution in [2.75, 3.05) is 26.2 Å². The van der Waals surface area contributed by atoms with Gasteiger partial charge in [-0.1, -0.05) is 12.5 Å². The number of hydrogen-bond donors (Lipinski definition) is 4. The van der Waals surface area contributed by atoms with Gasteiger partial charge >= 0.3 is 0 Å². The zero-order chi connectivity index (χ0) is 22.2. The standard InChI is InChI=1S/C25H29FN4O2/c1-15-21(24(31)27-10-13-30-11-3-2-4-12-30)17-6-5-7-18(23(17)28-15)22-19-14-16(26)8-9-20(19)29-25(22)32/h7-9,14,28-29,32H,2-6,10-13H2,1H3,(H,27,31). The number of H-pyrrole nitrogens is 2. The van der Waals surface area contributed by atoms with Gasteiger partial charge < -0.3 is 25.3 Å². The molecule has 1 aromatic carbocycles. The highest BCUT2D eigenvalue weighted by molar-refractivity contribution is 6.03. The molecule has 5 rings (SSSR count). The average Bonchev–Trinajstić information content (AvgIpc) is 3.29. The molecular formula is C25H29FN4O2. The fourth-order valence-electron chi connectivity index (χ4n) is 5.18. The Labute approximate surface area is 186 Å². The molecule has 2 aromatic heterocycles. The van der Waals surface area contributed by atoms with E-state index in [4.69, 9.17) is 0 Å². The molecule has 2 aliphatic rings. The van der Waals surface area contributed by atoms with Crippen molar-refractivity contribution in [2.45, 2.75) is 39.0 Å². The van der Waals surface area contributed by atoms with Crippen molar-refractivity contribution in [1.82, 2.24) is 20.2 Å². The SMILES string of the molecule is Cc1[nH]c2c(c1C(=O)NCCN1CCCCC1)CCC=C2c1c(O)[nH]c2ccc(F)cc12. The number of allylic oxidation sites excluding steroid dienone is 1. The first-order valence-electron chi connectivity index (χ1n) is 11.5. The molecule has 0 unspecified atom stereocenters. The molecule has 1 fully saturated rings. The summed E-state index contributed by atoms with van der Waals surface area (Å²) in [6.07, 6.45) is 7.30. The van der Waals surface area contributed by atoms with Crippen molar-refractivity contribution in [3.8, 4) is 5.88 Å². The number of aryl methyl sites for hydroxylation is 1. The van der Waals surface area contributed by atoms with Crippen LogP contribution in [0.1, 0.15) is 58.6 Å². The number of rotatable bonds is 5. The first-order valence-corrected chi connectivity index (χ1v) is 11.5. The van der Waals surface area contributed by atoms with E-state index in [0.717, 1.165) is 55.0 Å². The van der Waals surface area contributed by atoms with Gasteiger partial charge in [0.05, 0.1) is 16.8 Å². The minimum Gasteiger partial charge on any atom is -0.494 e. The van der Waals surface area contributed by atoms with Crippen LogP contribution in [0.3, 0.4) is 0 Å². The Kier molecular flexibility index (Phi) is 5.51. The summed E-state index contributed by atoms with van der Waals surface area (Å²) in [4.78, 5) is 21.8. The summed E-state index contributed by atoms with van der Waals surface area (Å²) in [5.74, 6) is -0.414. The number of aromatic amines is 2. The van der Waals surface area contributed by atoms with E-state index in [2.05, 4.69) is 20.2 Å². The van der Waals surface area contributed by atoms with Crippen LogP contribution in [0.15, 0.2) is 24.3 Å². The number of carbonyl (C=O) groups is 1. The van der Waals surface area contributed by atoms with Crippen LogP contribution in [-0.2, 0) is 6.42 Å². The van der Waals surface area contributed by atoms with Crippen LogP contribution in [0.4, 0.5) is 4.39 Å². The van der Waals surface area contributed by atoms with Crippen molar-refractivity contribution in [2.24, 2.45) is 0 Å². The molecule has 0 saturated carbocycles. The minimum absolute atomic E-state index is 0.00415. The number of amides is 1. The molecule has 0 spiro atoms. The lowest BCUT2D eigenvalue weighted by molar-refractivity contribution is 0.0945. The number of piperidine rings is 1. The second kappa shape index (κ2) is 8.47. The van der Waals surface area contributed by atoms with Crippen LogP contribution in [-0.4, -0.2) is 52.1 Å². The molecule has 168 valence electrons. The van der Waals surface area contributed by atoms with Crippen LogP contribution in [0.25, 0.3) is 16.5 Å². The lowest BCUT2D eigenvalue weighted by atomic mass is 9.89. The summed E-state index contributed by atoms with van der Waals surface area (Å²) in [6.45, 7) is 5.62. The van der Waals surface area contributed by atoms with E-state index in [9.17, 15) is 14.3 Å². The number of aromatic hydroxyl groups is 1. The van der Waals surface area contributed by atoms with Gasteiger partial charge in [0.25, 0.3) is 5.91 Å². The fourth-order valence-corrected chi connectivity index (χ4v) is 5.18. The maximum atomic E-state index is 13.9. The molecule has 3 heterocycles. The zero-order valence-corrected chi connectivity index (χ0v) is 18.4. The van der Waals surface area contributed by atoms with Crippen LogP contribution < -0.4 is 5.32 Å². The summed E-state index contributed by atoms with van der Waals surface area (Å²) < 4.78 is 13.9. The predicted octanol–water partition coefficient (Wildman–Crippen LogP) is 4.24. The predicted molar refractivity (Wildman–Crippen MR) is 123 cm³/mol. The summed E-state index contributed by atoms with van der Waals surface area (Å²) >= 11 is 0. The van der Waals surface area contributed by atoms with Crippen molar-refractivity contribution < 1.29 is 14.3 Å². The number of aromatic nitrogens is 2. The molecule has 1 aliphatic carbocycles. The van der Waals surface area contributed by atoms with Gasteiger partial charge in [-0.25, -0.2) is 4.39 Å². The van der Waals surface area contributed by atoms with Crippen LogP contribution in [0.5, 0.6) is 5.88 Å². The Morgan fingerprint density at radius 1 is 1.22 bits per heavy atom. The third-order valence-electron chi connectivity index (χ3n) is 6.70. The number of halogens is 1. The van der Waals surface area contributed by atoms with Gasteiger partial charge in [-0.05, 0) is 69.5 Å². The minimum atomic E-state index is -0.356. The average molecular weight is 437 g/mol. The maximum Gasteiger partial charge on any atom is 0.253 e. The highest BCUT2D eigenvalue weighted by Gasteiger charge is 2.28. The molecule has 1 saturated heterocycles. The van der Waals surface area contributed by atoms with E-state index >= 15 is 0 Å². The van der Waals surface area contributed by atoms with Gasteiger partial charge in [0.15, 0.2) is 5.88 Å². The number of carbonyl (C=O) groups excluding carboxylic acids is 1. The normalized spacial score (nSPS) is 16.8. The molecule has 0 bridgehead atoms. The van der Waals surface area contributed by atoms with Gasteiger partial charge in [0.1, 0.15) is 5.82 Å². The van der Waals surface area contributed by atoms with Gasteiger partial charge in [-0.15, -0.1) is 0 Å². The van der Waals surface area contributed by atoms with E-state index in [1.807, 2.05) is 13.0 Å². The van der Waals surface area contributed by atoms with E-state index in [0.29, 0.717) is 28.6 Å². The quantitative estimate of drug-likeness (QED) is 0.483. The van der Waals surface area contributed by atoms with Crippen LogP contribution >= 0.6 is 0 Å². The van der Waals surface area contributed by atoms with Crippen molar-refractivity contribution in [3.05, 3.63) is 58.2 Å². The lowest BCUT2D eigenvalue weighted by Crippen LogP contribution is -2.37. The summed E-state index contributed by atoms with van der Waals surface area (Å²) in [5.41, 5.74) is 5.33. The summed E-state index contributed by atoms with van der Waals surface area (Å²) in [6, 6.07) is 4.42. The van der Waals surface area contributed by atoms with Gasteiger partial charge in [-0.3, -0.25) is 4.79 Å². The third-order valence-corrected chi connectivity index (χ3v) is 6.70. The van der Waals surface area contributed by atoms with E-state index in [1.165, 1.54) is 31.4 Å². The topological polar surface area (TPSA) is 84.2 Å². The second-order valence-corrected chi connectivity index (χ2v) is 8.83. The van der Waals surface area contributed by atoms with Gasteiger partial charge in [0.2, 0.25) is 0 Å². The molecule has 3 aromatic rings. The highest BCUT2D eigenvalue weighted by atomic mass is 19.1. The van der Waals surface area contributed by atoms with E-state index in [-0.39, 0.29) is 17.6 Å². The van der Waals surface area contributed by atoms with E-state index < -0.39 is 0 Å². The summed E-state index contributed by atoms with van der Waals surface area (Å²) in [7, 11) is 0. The molecule has 0 radical (unpaired) electrons. The van der Waals surface area contributed by atoms with Crippen molar-refractivity contribution >= 4 is 22.4 Å². The smallest absolute Gasteiger partial charge is 0.253 e. The number of nitrogens with one attached hydrogen (secondary N) is 3. The molecule has 4 N–H and O–H groups in total. The molecule has 0 atom stereocenters. The number of hydrogen-bond acceptors (Lipinski definition) is 3. The zero-order valence-electron chi connectivity index (χ0n) is 18.4. The fraction of sp³-hybridized carbons (Fsp3) is 0.400. The van der Waals surface area contributed by atoms with Crippen molar-refractivity contribution in [1.29, 1.82) is 0 Å². The largest absolute Gasteiger partial charge is 0.494 e. The Balaban J connectivity index is 1.42. The summed E-state index contributed by atoms with van der Waals surface area (Å²) in [5, 5.41) is 14.3. The van der Waals surface area contributed by atoms with Crippen LogP contribution in [0, 0.1) is 12.7 Å². The molecule has 32 heavy (non-hydrogen) atoms. The van der Waals surface area contributed by atoms with Gasteiger partial charge in [0, 0.05) is 35.3 Å². The Morgan fingerprint density at radius 2 is 2.03 bits per heavy atom. The molecule has 6 nitrogen and oxygen atoms in total. The highest BCUT2D eigenvalue weighted by Crippen LogP contribution is 2.41. The first-order chi connectivity index (χ1) is 15.5. The number of likely N-dealkylation sites (tertiary alicyclic amines) is 1. The Bertz CT molecular complexity index is 1200. The van der Waals surface area contributed by atoms with Crippen LogP contribution in [0.2, 0.25) is 0 Å². The Morgan fingerprint density at radius 3 is 2.84 bits per heavy atom. The first kappa shape index (κ1) is 20.8.